The van der Waals surface area contributed by atoms with Gasteiger partial charge in [0.1, 0.15) is 0 Å². The molecule has 33 heavy (non-hydrogen) atoms. The number of aliphatic hydroxyl groups excluding tert-OH is 1. The summed E-state index contributed by atoms with van der Waals surface area (Å²) in [6.07, 6.45) is 0. The van der Waals surface area contributed by atoms with Gasteiger partial charge in [0, 0.05) is 23.7 Å². The molecule has 2 saturated heterocycles. The lowest BCUT2D eigenvalue weighted by Gasteiger charge is -2.29. The molecule has 12 heteroatoms. The lowest BCUT2D eigenvalue weighted by molar-refractivity contribution is -0.384. The van der Waals surface area contributed by atoms with Crippen LogP contribution in [0.1, 0.15) is 11.6 Å². The van der Waals surface area contributed by atoms with Gasteiger partial charge in [-0.15, -0.1) is 0 Å². The van der Waals surface area contributed by atoms with Crippen LogP contribution in [-0.4, -0.2) is 57.3 Å². The number of rotatable bonds is 6. The van der Waals surface area contributed by atoms with Gasteiger partial charge in [-0.1, -0.05) is 18.2 Å². The number of benzene rings is 2. The van der Waals surface area contributed by atoms with E-state index in [4.69, 9.17) is 4.74 Å². The zero-order chi connectivity index (χ0) is 24.1. The minimum atomic E-state index is -2.23. The fourth-order valence-electron chi connectivity index (χ4n) is 4.64. The summed E-state index contributed by atoms with van der Waals surface area (Å²) in [7, 11) is 1.31. The Labute approximate surface area is 186 Å². The van der Waals surface area contributed by atoms with Crippen molar-refractivity contribution < 1.29 is 39.4 Å². The molecule has 4 unspecified atom stereocenters. The van der Waals surface area contributed by atoms with Crippen LogP contribution in [0.15, 0.2) is 42.5 Å². The highest BCUT2D eigenvalue weighted by Gasteiger charge is 2.69. The van der Waals surface area contributed by atoms with Crippen molar-refractivity contribution in [3.05, 3.63) is 58.1 Å². The maximum absolute atomic E-state index is 13.5. The maximum Gasteiger partial charge on any atom is 0.327 e. The summed E-state index contributed by atoms with van der Waals surface area (Å²) < 4.78 is 5.09. The summed E-state index contributed by atoms with van der Waals surface area (Å²) in [5, 5.41) is 44.5. The molecule has 4 atom stereocenters. The zero-order valence-electron chi connectivity index (χ0n) is 17.2. The molecule has 12 nitrogen and oxygen atoms in total. The topological polar surface area (TPSA) is 180 Å². The van der Waals surface area contributed by atoms with Crippen LogP contribution in [0.2, 0.25) is 0 Å². The van der Waals surface area contributed by atoms with E-state index in [1.165, 1.54) is 43.5 Å². The van der Waals surface area contributed by atoms with Gasteiger partial charge in [0.2, 0.25) is 11.8 Å². The second kappa shape index (κ2) is 7.83. The number of carbonyl (C=O) groups excluding carboxylic acids is 2. The molecule has 4 rings (SSSR count). The molecule has 2 fully saturated rings. The first-order valence-corrected chi connectivity index (χ1v) is 9.78. The summed E-state index contributed by atoms with van der Waals surface area (Å²) >= 11 is 0. The number of imide groups is 1. The molecule has 2 aliphatic heterocycles. The minimum absolute atomic E-state index is 0.0648. The predicted octanol–water partition coefficient (Wildman–Crippen LogP) is 0.575. The van der Waals surface area contributed by atoms with Gasteiger partial charge in [0.15, 0.2) is 17.0 Å². The molecular weight excluding hydrogens is 438 g/mol. The third kappa shape index (κ3) is 3.10. The lowest BCUT2D eigenvalue weighted by atomic mass is 9.79. The molecule has 0 saturated carbocycles. The highest BCUT2D eigenvalue weighted by Crippen LogP contribution is 2.52. The standard InChI is InChI=1S/C21H19N3O9/c1-33-13-7-3-6-12(17(13)26)16-14-15(21(9-25,22-16)20(29)30)19(28)23(18(14)27)10-4-2-5-11(8-10)24(31)32/h2-8,14-16,22,25-26H,9H2,1H3,(H,29,30). The van der Waals surface area contributed by atoms with Crippen LogP contribution in [0.25, 0.3) is 0 Å². The van der Waals surface area contributed by atoms with E-state index in [1.807, 2.05) is 0 Å². The number of nitro benzene ring substituents is 1. The molecule has 2 heterocycles. The van der Waals surface area contributed by atoms with E-state index in [-0.39, 0.29) is 28.4 Å². The smallest absolute Gasteiger partial charge is 0.327 e. The number of nitrogens with one attached hydrogen (secondary N) is 1. The van der Waals surface area contributed by atoms with Gasteiger partial charge < -0.3 is 20.1 Å². The van der Waals surface area contributed by atoms with E-state index in [2.05, 4.69) is 5.32 Å². The summed E-state index contributed by atoms with van der Waals surface area (Å²) in [4.78, 5) is 50.2. The second-order valence-corrected chi connectivity index (χ2v) is 7.75. The quantitative estimate of drug-likeness (QED) is 0.272. The van der Waals surface area contributed by atoms with Gasteiger partial charge >= 0.3 is 5.97 Å². The SMILES string of the molecule is COc1cccc(C2NC(CO)(C(=O)O)C3C(=O)N(c4cccc([N+](=O)[O-])c4)C(=O)C23)c1O. The average molecular weight is 457 g/mol. The Morgan fingerprint density at radius 2 is 1.94 bits per heavy atom. The van der Waals surface area contributed by atoms with Gasteiger partial charge in [0.05, 0.1) is 36.2 Å². The monoisotopic (exact) mass is 457 g/mol. The number of ether oxygens (including phenoxy) is 1. The molecule has 0 radical (unpaired) electrons. The number of non-ortho nitro benzene ring substituents is 1. The summed E-state index contributed by atoms with van der Waals surface area (Å²) in [6.45, 7) is -1.02. The Hall–Kier alpha value is -4.03. The Balaban J connectivity index is 1.88. The fraction of sp³-hybridized carbons (Fsp3) is 0.286. The van der Waals surface area contributed by atoms with Gasteiger partial charge in [0.25, 0.3) is 5.69 Å². The van der Waals surface area contributed by atoms with Crippen molar-refractivity contribution in [1.82, 2.24) is 5.32 Å². The number of anilines is 1. The minimum Gasteiger partial charge on any atom is -0.504 e. The van der Waals surface area contributed by atoms with Crippen LogP contribution >= 0.6 is 0 Å². The molecule has 0 aromatic heterocycles. The van der Waals surface area contributed by atoms with Crippen LogP contribution in [-0.2, 0) is 14.4 Å². The number of phenolic OH excluding ortho intramolecular Hbond substituents is 1. The molecule has 0 bridgehead atoms. The van der Waals surface area contributed by atoms with Gasteiger partial charge in [-0.2, -0.15) is 0 Å². The highest BCUT2D eigenvalue weighted by atomic mass is 16.6. The first-order valence-electron chi connectivity index (χ1n) is 9.78. The van der Waals surface area contributed by atoms with Crippen LogP contribution in [0.5, 0.6) is 11.5 Å². The first kappa shape index (κ1) is 22.2. The van der Waals surface area contributed by atoms with Crippen LogP contribution in [0, 0.1) is 22.0 Å². The largest absolute Gasteiger partial charge is 0.504 e. The molecule has 172 valence electrons. The third-order valence-corrected chi connectivity index (χ3v) is 6.17. The van der Waals surface area contributed by atoms with Crippen LogP contribution in [0.3, 0.4) is 0 Å². The number of hydrogen-bond acceptors (Lipinski definition) is 9. The molecule has 2 aromatic carbocycles. The Bertz CT molecular complexity index is 1180. The number of carboxylic acid groups (broad SMARTS) is 1. The number of para-hydroxylation sites is 1. The van der Waals surface area contributed by atoms with E-state index in [1.54, 1.807) is 0 Å². The maximum atomic E-state index is 13.5. The first-order chi connectivity index (χ1) is 15.7. The number of nitrogens with zero attached hydrogens (tertiary/aromatic N) is 2. The third-order valence-electron chi connectivity index (χ3n) is 6.17. The Morgan fingerprint density at radius 1 is 1.24 bits per heavy atom. The normalized spacial score (nSPS) is 26.4. The molecule has 0 aliphatic carbocycles. The second-order valence-electron chi connectivity index (χ2n) is 7.75. The number of carboxylic acids is 1. The molecule has 2 aliphatic rings. The summed E-state index contributed by atoms with van der Waals surface area (Å²) in [6, 6.07) is 8.07. The molecule has 2 aromatic rings. The summed E-state index contributed by atoms with van der Waals surface area (Å²) in [5.41, 5.74) is -2.59. The van der Waals surface area contributed by atoms with Crippen molar-refractivity contribution in [2.24, 2.45) is 11.8 Å². The van der Waals surface area contributed by atoms with Crippen molar-refractivity contribution in [2.75, 3.05) is 18.6 Å². The van der Waals surface area contributed by atoms with Crippen LogP contribution in [0.4, 0.5) is 11.4 Å². The predicted molar refractivity (Wildman–Crippen MR) is 111 cm³/mol. The van der Waals surface area contributed by atoms with Gasteiger partial charge in [-0.3, -0.25) is 29.8 Å². The number of carbonyl (C=O) groups is 3. The van der Waals surface area contributed by atoms with E-state index in [9.17, 15) is 39.8 Å². The molecular formula is C21H19N3O9. The van der Waals surface area contributed by atoms with Crippen molar-refractivity contribution >= 4 is 29.2 Å². The number of hydrogen-bond donors (Lipinski definition) is 4. The molecule has 4 N–H and O–H groups in total. The number of aliphatic carboxylic acids is 1. The fourth-order valence-corrected chi connectivity index (χ4v) is 4.64. The number of amides is 2. The van der Waals surface area contributed by atoms with E-state index in [0.717, 1.165) is 6.07 Å². The van der Waals surface area contributed by atoms with Gasteiger partial charge in [-0.25, -0.2) is 4.90 Å². The van der Waals surface area contributed by atoms with Gasteiger partial charge in [-0.05, 0) is 12.1 Å². The number of phenols is 1. The Kier molecular flexibility index (Phi) is 5.26. The number of aromatic hydroxyl groups is 1. The lowest BCUT2D eigenvalue weighted by Crippen LogP contribution is -2.58. The van der Waals surface area contributed by atoms with Crippen LogP contribution < -0.4 is 15.0 Å². The molecule has 2 amide bonds. The van der Waals surface area contributed by atoms with Crippen molar-refractivity contribution in [3.8, 4) is 11.5 Å². The number of fused-ring (bicyclic) bond motifs is 1. The van der Waals surface area contributed by atoms with Crippen molar-refractivity contribution in [3.63, 3.8) is 0 Å². The summed E-state index contributed by atoms with van der Waals surface area (Å²) in [5.74, 6) is -6.46. The highest BCUT2D eigenvalue weighted by molar-refractivity contribution is 6.24. The zero-order valence-corrected chi connectivity index (χ0v) is 17.2. The average Bonchev–Trinajstić information content (AvgIpc) is 3.28. The van der Waals surface area contributed by atoms with E-state index >= 15 is 0 Å². The van der Waals surface area contributed by atoms with Crippen molar-refractivity contribution in [1.29, 1.82) is 0 Å². The van der Waals surface area contributed by atoms with E-state index < -0.39 is 52.7 Å². The Morgan fingerprint density at radius 3 is 2.55 bits per heavy atom. The number of aliphatic hydroxyl groups is 1. The number of methoxy groups -OCH3 is 1. The van der Waals surface area contributed by atoms with E-state index in [0.29, 0.717) is 4.90 Å². The number of nitro groups is 1. The molecule has 0 spiro atoms. The van der Waals surface area contributed by atoms with Crippen molar-refractivity contribution in [2.45, 2.75) is 11.6 Å².